The first kappa shape index (κ1) is 15.6. The predicted octanol–water partition coefficient (Wildman–Crippen LogP) is 2.03. The maximum atomic E-state index is 12.4. The number of amides is 2. The second kappa shape index (κ2) is 5.75. The first-order chi connectivity index (χ1) is 10.9. The number of carbonyl (C=O) groups is 2. The fourth-order valence-corrected chi connectivity index (χ4v) is 2.99. The molecule has 0 unspecified atom stereocenters. The molecule has 2 amide bonds. The fraction of sp³-hybridized carbons (Fsp3) is 0.467. The molecule has 2 heterocycles. The first-order valence-electron chi connectivity index (χ1n) is 7.19. The molecule has 0 radical (unpaired) electrons. The topological polar surface area (TPSA) is 49.9 Å². The van der Waals surface area contributed by atoms with Crippen molar-refractivity contribution in [3.63, 3.8) is 0 Å². The zero-order valence-electron chi connectivity index (χ0n) is 12.1. The van der Waals surface area contributed by atoms with Crippen molar-refractivity contribution < 1.29 is 27.5 Å². The minimum Gasteiger partial charge on any atom is -0.445 e. The van der Waals surface area contributed by atoms with Crippen LogP contribution in [0.3, 0.4) is 0 Å². The number of hydrogen-bond donors (Lipinski definition) is 0. The van der Waals surface area contributed by atoms with Gasteiger partial charge in [0.1, 0.15) is 6.61 Å². The van der Waals surface area contributed by atoms with Gasteiger partial charge in [-0.05, 0) is 5.56 Å². The van der Waals surface area contributed by atoms with E-state index in [4.69, 9.17) is 4.74 Å². The van der Waals surface area contributed by atoms with Crippen LogP contribution in [0.15, 0.2) is 30.3 Å². The van der Waals surface area contributed by atoms with Crippen molar-refractivity contribution in [1.82, 2.24) is 9.80 Å². The normalized spacial score (nSPS) is 23.3. The minimum atomic E-state index is -4.87. The zero-order chi connectivity index (χ0) is 16.6. The SMILES string of the molecule is O=C(OCc1ccccc1)N1C[C@@H]2CN(C(=O)C(F)(F)F)[C@@H]2C1. The summed E-state index contributed by atoms with van der Waals surface area (Å²) in [6, 6.07) is 8.54. The maximum absolute atomic E-state index is 12.4. The van der Waals surface area contributed by atoms with Gasteiger partial charge in [-0.25, -0.2) is 4.79 Å². The van der Waals surface area contributed by atoms with Crippen molar-refractivity contribution in [2.75, 3.05) is 19.6 Å². The lowest BCUT2D eigenvalue weighted by Gasteiger charge is -2.43. The van der Waals surface area contributed by atoms with Gasteiger partial charge in [-0.1, -0.05) is 30.3 Å². The Balaban J connectivity index is 1.52. The highest BCUT2D eigenvalue weighted by atomic mass is 19.4. The molecule has 0 spiro atoms. The summed E-state index contributed by atoms with van der Waals surface area (Å²) < 4.78 is 42.5. The molecule has 0 aliphatic carbocycles. The summed E-state index contributed by atoms with van der Waals surface area (Å²) in [6.45, 7) is 0.544. The van der Waals surface area contributed by atoms with E-state index < -0.39 is 24.2 Å². The van der Waals surface area contributed by atoms with Gasteiger partial charge < -0.3 is 14.5 Å². The molecule has 2 aliphatic heterocycles. The van der Waals surface area contributed by atoms with Crippen molar-refractivity contribution in [2.45, 2.75) is 18.8 Å². The molecule has 0 saturated carbocycles. The number of carbonyl (C=O) groups excluding carboxylic acids is 2. The van der Waals surface area contributed by atoms with E-state index in [0.29, 0.717) is 6.54 Å². The Bertz CT molecular complexity index is 606. The summed E-state index contributed by atoms with van der Waals surface area (Å²) >= 11 is 0. The number of fused-ring (bicyclic) bond motifs is 1. The fourth-order valence-electron chi connectivity index (χ4n) is 2.99. The third-order valence-corrected chi connectivity index (χ3v) is 4.20. The highest BCUT2D eigenvalue weighted by Gasteiger charge is 2.55. The molecule has 2 saturated heterocycles. The summed E-state index contributed by atoms with van der Waals surface area (Å²) in [5.74, 6) is -1.94. The van der Waals surface area contributed by atoms with Crippen LogP contribution in [0.2, 0.25) is 0 Å². The van der Waals surface area contributed by atoms with Crippen LogP contribution in [0.25, 0.3) is 0 Å². The predicted molar refractivity (Wildman–Crippen MR) is 73.2 cm³/mol. The van der Waals surface area contributed by atoms with E-state index in [0.717, 1.165) is 10.5 Å². The van der Waals surface area contributed by atoms with E-state index in [2.05, 4.69) is 0 Å². The van der Waals surface area contributed by atoms with Crippen molar-refractivity contribution in [3.05, 3.63) is 35.9 Å². The molecule has 0 aromatic heterocycles. The molecule has 8 heteroatoms. The van der Waals surface area contributed by atoms with Crippen molar-refractivity contribution in [1.29, 1.82) is 0 Å². The van der Waals surface area contributed by atoms with Crippen LogP contribution in [0.5, 0.6) is 0 Å². The second-order valence-electron chi connectivity index (χ2n) is 5.73. The molecule has 124 valence electrons. The van der Waals surface area contributed by atoms with Crippen molar-refractivity contribution in [3.8, 4) is 0 Å². The molecular formula is C15H15F3N2O3. The zero-order valence-corrected chi connectivity index (χ0v) is 12.1. The Morgan fingerprint density at radius 2 is 1.83 bits per heavy atom. The van der Waals surface area contributed by atoms with Gasteiger partial charge in [0, 0.05) is 25.6 Å². The number of rotatable bonds is 2. The van der Waals surface area contributed by atoms with E-state index in [1.807, 2.05) is 30.3 Å². The van der Waals surface area contributed by atoms with Gasteiger partial charge in [-0.15, -0.1) is 0 Å². The number of benzene rings is 1. The molecule has 2 aliphatic rings. The second-order valence-corrected chi connectivity index (χ2v) is 5.73. The average molecular weight is 328 g/mol. The molecule has 1 aromatic rings. The van der Waals surface area contributed by atoms with Gasteiger partial charge in [0.25, 0.3) is 0 Å². The highest BCUT2D eigenvalue weighted by Crippen LogP contribution is 2.35. The quantitative estimate of drug-likeness (QED) is 0.835. The van der Waals surface area contributed by atoms with Crippen LogP contribution < -0.4 is 0 Å². The smallest absolute Gasteiger partial charge is 0.445 e. The molecule has 23 heavy (non-hydrogen) atoms. The van der Waals surface area contributed by atoms with Crippen LogP contribution in [0, 0.1) is 5.92 Å². The van der Waals surface area contributed by atoms with E-state index in [-0.39, 0.29) is 25.6 Å². The summed E-state index contributed by atoms with van der Waals surface area (Å²) in [6.07, 6.45) is -5.44. The van der Waals surface area contributed by atoms with Gasteiger partial charge in [-0.2, -0.15) is 13.2 Å². The van der Waals surface area contributed by atoms with Gasteiger partial charge in [0.05, 0.1) is 6.04 Å². The van der Waals surface area contributed by atoms with Crippen LogP contribution in [-0.4, -0.2) is 53.7 Å². The number of ether oxygens (including phenoxy) is 1. The molecular weight excluding hydrogens is 313 g/mol. The maximum Gasteiger partial charge on any atom is 0.471 e. The minimum absolute atomic E-state index is 0.0332. The molecule has 0 N–H and O–H groups in total. The molecule has 2 fully saturated rings. The summed E-state index contributed by atoms with van der Waals surface area (Å²) in [7, 11) is 0. The number of alkyl halides is 3. The van der Waals surface area contributed by atoms with Crippen LogP contribution in [-0.2, 0) is 16.1 Å². The van der Waals surface area contributed by atoms with Crippen LogP contribution in [0.1, 0.15) is 5.56 Å². The lowest BCUT2D eigenvalue weighted by molar-refractivity contribution is -0.195. The lowest BCUT2D eigenvalue weighted by Crippen LogP contribution is -2.61. The van der Waals surface area contributed by atoms with Crippen LogP contribution in [0.4, 0.5) is 18.0 Å². The Hall–Kier alpha value is -2.25. The first-order valence-corrected chi connectivity index (χ1v) is 7.19. The van der Waals surface area contributed by atoms with Gasteiger partial charge in [0.15, 0.2) is 0 Å². The van der Waals surface area contributed by atoms with Crippen molar-refractivity contribution in [2.24, 2.45) is 5.92 Å². The highest BCUT2D eigenvalue weighted by molar-refractivity contribution is 5.83. The largest absolute Gasteiger partial charge is 0.471 e. The number of likely N-dealkylation sites (tertiary alicyclic amines) is 2. The summed E-state index contributed by atoms with van der Waals surface area (Å²) in [5.41, 5.74) is 0.830. The monoisotopic (exact) mass is 328 g/mol. The standard InChI is InChI=1S/C15H15F3N2O3/c16-15(17,18)13(21)20-7-11-6-19(8-12(11)20)14(22)23-9-10-4-2-1-3-5-10/h1-5,11-12H,6-9H2/t11-,12-/m1/s1. The Kier molecular flexibility index (Phi) is 3.91. The van der Waals surface area contributed by atoms with Gasteiger partial charge in [0.2, 0.25) is 0 Å². The Morgan fingerprint density at radius 3 is 2.48 bits per heavy atom. The summed E-state index contributed by atoms with van der Waals surface area (Å²) in [4.78, 5) is 25.4. The third kappa shape index (κ3) is 3.11. The molecule has 5 nitrogen and oxygen atoms in total. The van der Waals surface area contributed by atoms with E-state index in [9.17, 15) is 22.8 Å². The van der Waals surface area contributed by atoms with E-state index in [1.54, 1.807) is 0 Å². The average Bonchev–Trinajstić information content (AvgIpc) is 2.82. The number of halogens is 3. The molecule has 0 bridgehead atoms. The summed E-state index contributed by atoms with van der Waals surface area (Å²) in [5, 5.41) is 0. The van der Waals surface area contributed by atoms with E-state index >= 15 is 0 Å². The van der Waals surface area contributed by atoms with Crippen LogP contribution >= 0.6 is 0 Å². The Morgan fingerprint density at radius 1 is 1.13 bits per heavy atom. The number of hydrogen-bond acceptors (Lipinski definition) is 3. The van der Waals surface area contributed by atoms with Crippen molar-refractivity contribution >= 4 is 12.0 Å². The van der Waals surface area contributed by atoms with Gasteiger partial charge in [-0.3, -0.25) is 4.79 Å². The molecule has 2 atom stereocenters. The third-order valence-electron chi connectivity index (χ3n) is 4.20. The lowest BCUT2D eigenvalue weighted by atomic mass is 9.92. The molecule has 1 aromatic carbocycles. The van der Waals surface area contributed by atoms with E-state index in [1.165, 1.54) is 4.90 Å². The Labute approximate surface area is 130 Å². The van der Waals surface area contributed by atoms with Gasteiger partial charge >= 0.3 is 18.2 Å². The number of nitrogens with zero attached hydrogens (tertiary/aromatic N) is 2. The molecule has 3 rings (SSSR count).